The van der Waals surface area contributed by atoms with Crippen LogP contribution in [0.25, 0.3) is 11.4 Å². The Kier molecular flexibility index (Phi) is 8.17. The van der Waals surface area contributed by atoms with E-state index in [0.29, 0.717) is 19.6 Å². The summed E-state index contributed by atoms with van der Waals surface area (Å²) in [7, 11) is 0. The van der Waals surface area contributed by atoms with Gasteiger partial charge in [0.1, 0.15) is 6.61 Å². The van der Waals surface area contributed by atoms with Crippen LogP contribution in [0.4, 0.5) is 13.2 Å². The number of alkyl halides is 3. The Morgan fingerprint density at radius 2 is 1.83 bits per heavy atom. The second-order valence-corrected chi connectivity index (χ2v) is 8.70. The molecule has 2 aromatic carbocycles. The summed E-state index contributed by atoms with van der Waals surface area (Å²) in [4.78, 5) is 19.1. The number of carbonyl (C=O) groups is 1. The largest absolute Gasteiger partial charge is 0.416 e. The first kappa shape index (κ1) is 24.9. The van der Waals surface area contributed by atoms with Gasteiger partial charge in [0.25, 0.3) is 0 Å². The lowest BCUT2D eigenvalue weighted by Gasteiger charge is -2.34. The van der Waals surface area contributed by atoms with Crippen molar-refractivity contribution in [3.05, 3.63) is 71.6 Å². The Bertz CT molecular complexity index is 1100. The molecule has 1 saturated carbocycles. The zero-order valence-electron chi connectivity index (χ0n) is 19.3. The summed E-state index contributed by atoms with van der Waals surface area (Å²) in [5.74, 6) is 0.273. The van der Waals surface area contributed by atoms with E-state index in [9.17, 15) is 18.0 Å². The van der Waals surface area contributed by atoms with E-state index in [-0.39, 0.29) is 35.8 Å². The summed E-state index contributed by atoms with van der Waals surface area (Å²) in [6, 6.07) is 14.6. The Morgan fingerprint density at radius 3 is 2.57 bits per heavy atom. The van der Waals surface area contributed by atoms with Gasteiger partial charge in [-0.25, -0.2) is 0 Å². The molecular weight excluding hydrogens is 459 g/mol. The molecule has 35 heavy (non-hydrogen) atoms. The molecule has 0 spiro atoms. The van der Waals surface area contributed by atoms with E-state index >= 15 is 0 Å². The van der Waals surface area contributed by atoms with Gasteiger partial charge in [-0.2, -0.15) is 18.2 Å². The molecule has 1 aromatic heterocycles. The van der Waals surface area contributed by atoms with Gasteiger partial charge in [-0.1, -0.05) is 66.9 Å². The summed E-state index contributed by atoms with van der Waals surface area (Å²) >= 11 is 0. The number of carbonyl (C=O) groups excluding carboxylic acids is 1. The van der Waals surface area contributed by atoms with Crippen LogP contribution in [-0.4, -0.2) is 40.1 Å². The number of ether oxygens (including phenoxy) is 1. The highest BCUT2D eigenvalue weighted by Gasteiger charge is 2.31. The van der Waals surface area contributed by atoms with Crippen molar-refractivity contribution in [2.75, 3.05) is 13.2 Å². The molecule has 3 aromatic rings. The van der Waals surface area contributed by atoms with Crippen molar-refractivity contribution in [1.29, 1.82) is 0 Å². The monoisotopic (exact) mass is 487 g/mol. The molecule has 6 nitrogen and oxygen atoms in total. The van der Waals surface area contributed by atoms with Gasteiger partial charge in [-0.15, -0.1) is 0 Å². The molecule has 1 fully saturated rings. The molecule has 9 heteroatoms. The number of amides is 1. The van der Waals surface area contributed by atoms with Crippen LogP contribution in [-0.2, 0) is 28.7 Å². The van der Waals surface area contributed by atoms with Gasteiger partial charge in [-0.3, -0.25) is 4.79 Å². The van der Waals surface area contributed by atoms with Crippen molar-refractivity contribution in [2.45, 2.75) is 57.3 Å². The molecule has 0 N–H and O–H groups in total. The van der Waals surface area contributed by atoms with Gasteiger partial charge in [0, 0.05) is 24.6 Å². The molecule has 0 radical (unpaired) electrons. The first-order valence-corrected chi connectivity index (χ1v) is 11.8. The molecule has 1 aliphatic rings. The Labute approximate surface area is 202 Å². The maximum Gasteiger partial charge on any atom is 0.416 e. The minimum Gasteiger partial charge on any atom is -0.367 e. The highest BCUT2D eigenvalue weighted by molar-refractivity contribution is 5.77. The first-order chi connectivity index (χ1) is 16.9. The van der Waals surface area contributed by atoms with Gasteiger partial charge >= 0.3 is 6.18 Å². The third-order valence-electron chi connectivity index (χ3n) is 6.16. The average Bonchev–Trinajstić information content (AvgIpc) is 3.34. The van der Waals surface area contributed by atoms with Gasteiger partial charge in [0.2, 0.25) is 17.6 Å². The highest BCUT2D eigenvalue weighted by atomic mass is 19.4. The lowest BCUT2D eigenvalue weighted by atomic mass is 9.94. The average molecular weight is 488 g/mol. The summed E-state index contributed by atoms with van der Waals surface area (Å²) in [5.41, 5.74) is 0.452. The normalized spacial score (nSPS) is 14.7. The predicted octanol–water partition coefficient (Wildman–Crippen LogP) is 5.68. The van der Waals surface area contributed by atoms with Crippen molar-refractivity contribution in [1.82, 2.24) is 15.0 Å². The maximum absolute atomic E-state index is 13.0. The van der Waals surface area contributed by atoms with E-state index in [0.717, 1.165) is 49.8 Å². The number of rotatable bonds is 9. The smallest absolute Gasteiger partial charge is 0.367 e. The minimum absolute atomic E-state index is 0.0231. The SMILES string of the molecule is O=C(COCc1ccccc1)N(CCc1nc(-c2cccc(C(F)(F)F)c2)no1)C1CCCCC1. The van der Waals surface area contributed by atoms with Crippen molar-refractivity contribution >= 4 is 5.91 Å². The fourth-order valence-corrected chi connectivity index (χ4v) is 4.34. The van der Waals surface area contributed by atoms with Gasteiger partial charge < -0.3 is 14.2 Å². The molecule has 0 atom stereocenters. The third-order valence-corrected chi connectivity index (χ3v) is 6.16. The zero-order chi connectivity index (χ0) is 24.7. The van der Waals surface area contributed by atoms with Crippen molar-refractivity contribution in [2.24, 2.45) is 0 Å². The molecule has 0 bridgehead atoms. The lowest BCUT2D eigenvalue weighted by Crippen LogP contribution is -2.44. The Balaban J connectivity index is 1.39. The number of halogens is 3. The molecule has 0 saturated heterocycles. The van der Waals surface area contributed by atoms with Crippen LogP contribution in [0.15, 0.2) is 59.1 Å². The molecule has 1 heterocycles. The van der Waals surface area contributed by atoms with Gasteiger partial charge in [0.15, 0.2) is 0 Å². The van der Waals surface area contributed by atoms with Gasteiger partial charge in [0.05, 0.1) is 12.2 Å². The zero-order valence-corrected chi connectivity index (χ0v) is 19.3. The molecule has 0 unspecified atom stereocenters. The summed E-state index contributed by atoms with van der Waals surface area (Å²) in [6.07, 6.45) is 1.03. The summed E-state index contributed by atoms with van der Waals surface area (Å²) in [6.45, 7) is 0.711. The molecule has 4 rings (SSSR count). The lowest BCUT2D eigenvalue weighted by molar-refractivity contribution is -0.140. The predicted molar refractivity (Wildman–Crippen MR) is 123 cm³/mol. The second kappa shape index (κ2) is 11.5. The van der Waals surface area contributed by atoms with Crippen LogP contribution >= 0.6 is 0 Å². The standard InChI is InChI=1S/C26H28F3N3O3/c27-26(28,29)21-11-7-10-20(16-21)25-30-23(35-31-25)14-15-32(22-12-5-2-6-13-22)24(33)18-34-17-19-8-3-1-4-9-19/h1,3-4,7-11,16,22H,2,5-6,12-15,17-18H2. The molecule has 186 valence electrons. The van der Waals surface area contributed by atoms with Crippen LogP contribution in [0.5, 0.6) is 0 Å². The summed E-state index contributed by atoms with van der Waals surface area (Å²) < 4.78 is 50.0. The fourth-order valence-electron chi connectivity index (χ4n) is 4.34. The van der Waals surface area contributed by atoms with Crippen molar-refractivity contribution in [3.63, 3.8) is 0 Å². The maximum atomic E-state index is 13.0. The van der Waals surface area contributed by atoms with Crippen LogP contribution in [0, 0.1) is 0 Å². The quantitative estimate of drug-likeness (QED) is 0.389. The van der Waals surface area contributed by atoms with E-state index in [1.165, 1.54) is 12.1 Å². The van der Waals surface area contributed by atoms with Crippen LogP contribution < -0.4 is 0 Å². The third kappa shape index (κ3) is 6.91. The number of aromatic nitrogens is 2. The number of hydrogen-bond acceptors (Lipinski definition) is 5. The van der Waals surface area contributed by atoms with Crippen LogP contribution in [0.1, 0.15) is 49.1 Å². The molecule has 1 aliphatic carbocycles. The van der Waals surface area contributed by atoms with E-state index < -0.39 is 11.7 Å². The van der Waals surface area contributed by atoms with Crippen LogP contribution in [0.3, 0.4) is 0 Å². The van der Waals surface area contributed by atoms with E-state index in [2.05, 4.69) is 10.1 Å². The Morgan fingerprint density at radius 1 is 1.06 bits per heavy atom. The van der Waals surface area contributed by atoms with Crippen LogP contribution in [0.2, 0.25) is 0 Å². The van der Waals surface area contributed by atoms with E-state index in [1.807, 2.05) is 35.2 Å². The second-order valence-electron chi connectivity index (χ2n) is 8.70. The fraction of sp³-hybridized carbons (Fsp3) is 0.423. The molecule has 1 amide bonds. The minimum atomic E-state index is -4.45. The van der Waals surface area contributed by atoms with Gasteiger partial charge in [-0.05, 0) is 30.5 Å². The van der Waals surface area contributed by atoms with E-state index in [4.69, 9.17) is 9.26 Å². The number of benzene rings is 2. The highest BCUT2D eigenvalue weighted by Crippen LogP contribution is 2.31. The van der Waals surface area contributed by atoms with Crippen molar-refractivity contribution in [3.8, 4) is 11.4 Å². The number of nitrogens with zero attached hydrogens (tertiary/aromatic N) is 3. The van der Waals surface area contributed by atoms with E-state index in [1.54, 1.807) is 0 Å². The van der Waals surface area contributed by atoms with Crippen molar-refractivity contribution < 1.29 is 27.2 Å². The molecular formula is C26H28F3N3O3. The topological polar surface area (TPSA) is 68.5 Å². The summed E-state index contributed by atoms with van der Waals surface area (Å²) in [5, 5.41) is 3.85. The molecule has 0 aliphatic heterocycles. The number of hydrogen-bond donors (Lipinski definition) is 0. The first-order valence-electron chi connectivity index (χ1n) is 11.8. The Hall–Kier alpha value is -3.20.